The van der Waals surface area contributed by atoms with Gasteiger partial charge < -0.3 is 10.0 Å². The number of hydrogen-bond acceptors (Lipinski definition) is 4. The lowest BCUT2D eigenvalue weighted by molar-refractivity contribution is -0.348. The van der Waals surface area contributed by atoms with Crippen LogP contribution in [0, 0.1) is 17.7 Å². The number of alkyl halides is 7. The van der Waals surface area contributed by atoms with Gasteiger partial charge in [-0.25, -0.2) is 17.2 Å². The van der Waals surface area contributed by atoms with Gasteiger partial charge >= 0.3 is 24.0 Å². The monoisotopic (exact) mass is 655 g/mol. The molecule has 2 aliphatic rings. The highest BCUT2D eigenvalue weighted by atomic mass is 32.2. The number of nitrogens with zero attached hydrogens (tertiary/aromatic N) is 1. The average Bonchev–Trinajstić information content (AvgIpc) is 3.43. The molecule has 0 unspecified atom stereocenters. The van der Waals surface area contributed by atoms with E-state index < -0.39 is 74.2 Å². The highest BCUT2D eigenvalue weighted by molar-refractivity contribution is 7.92. The SMILES string of the molecule is CCc1cc(S(=O)(=O)[C@]2(c3ccc(C(F)(C(F)(F)F)C(F)(F)F)cc3)CCN(C(=O)C3CCC(C(=O)O)CC3)C2)ccc1F. The van der Waals surface area contributed by atoms with E-state index in [9.17, 15) is 58.2 Å². The van der Waals surface area contributed by atoms with Gasteiger partial charge in [0, 0.05) is 24.6 Å². The maximum absolute atomic E-state index is 14.7. The minimum Gasteiger partial charge on any atom is -0.481 e. The maximum Gasteiger partial charge on any atom is 0.435 e. The molecule has 1 amide bonds. The number of likely N-dealkylation sites (tertiary alicyclic amines) is 1. The van der Waals surface area contributed by atoms with Gasteiger partial charge in [-0.1, -0.05) is 31.2 Å². The Hall–Kier alpha value is -3.23. The van der Waals surface area contributed by atoms with Gasteiger partial charge in [0.2, 0.25) is 5.91 Å². The van der Waals surface area contributed by atoms with Gasteiger partial charge in [-0.05, 0) is 67.9 Å². The van der Waals surface area contributed by atoms with Crippen LogP contribution in [0.2, 0.25) is 0 Å². The number of carboxylic acids is 1. The highest BCUT2D eigenvalue weighted by Gasteiger charge is 2.73. The van der Waals surface area contributed by atoms with Crippen LogP contribution in [0.1, 0.15) is 55.7 Å². The van der Waals surface area contributed by atoms with Gasteiger partial charge in [0.1, 0.15) is 10.6 Å². The molecule has 1 saturated heterocycles. The first-order valence-electron chi connectivity index (χ1n) is 13.8. The summed E-state index contributed by atoms with van der Waals surface area (Å²) in [6.45, 7) is 0.881. The first kappa shape index (κ1) is 33.7. The summed E-state index contributed by atoms with van der Waals surface area (Å²) < 4.78 is 136. The van der Waals surface area contributed by atoms with Crippen LogP contribution in [-0.2, 0) is 36.3 Å². The van der Waals surface area contributed by atoms with Gasteiger partial charge in [-0.2, -0.15) is 26.3 Å². The molecule has 2 aromatic rings. The average molecular weight is 656 g/mol. The first-order valence-corrected chi connectivity index (χ1v) is 15.3. The predicted octanol–water partition coefficient (Wildman–Crippen LogP) is 6.47. The van der Waals surface area contributed by atoms with Crippen LogP contribution in [-0.4, -0.2) is 55.7 Å². The largest absolute Gasteiger partial charge is 0.481 e. The molecule has 0 radical (unpaired) electrons. The molecule has 1 aliphatic heterocycles. The van der Waals surface area contributed by atoms with Gasteiger partial charge in [-0.15, -0.1) is 0 Å². The Morgan fingerprint density at radius 2 is 1.45 bits per heavy atom. The number of sulfone groups is 1. The van der Waals surface area contributed by atoms with Crippen molar-refractivity contribution >= 4 is 21.7 Å². The van der Waals surface area contributed by atoms with E-state index >= 15 is 0 Å². The summed E-state index contributed by atoms with van der Waals surface area (Å²) in [5.41, 5.74) is -7.77. The molecule has 15 heteroatoms. The van der Waals surface area contributed by atoms with E-state index in [-0.39, 0.29) is 73.2 Å². The number of carboxylic acid groups (broad SMARTS) is 1. The molecule has 2 fully saturated rings. The van der Waals surface area contributed by atoms with Crippen molar-refractivity contribution < 1.29 is 58.2 Å². The number of amides is 1. The molecular weight excluding hydrogens is 626 g/mol. The fourth-order valence-corrected chi connectivity index (χ4v) is 8.26. The highest BCUT2D eigenvalue weighted by Crippen LogP contribution is 2.54. The van der Waals surface area contributed by atoms with Crippen LogP contribution in [0.15, 0.2) is 47.4 Å². The Bertz CT molecular complexity index is 1500. The van der Waals surface area contributed by atoms with Crippen molar-refractivity contribution in [2.24, 2.45) is 11.8 Å². The van der Waals surface area contributed by atoms with Crippen LogP contribution in [0.25, 0.3) is 0 Å². The summed E-state index contributed by atoms with van der Waals surface area (Å²) in [6, 6.07) is 4.80. The number of benzene rings is 2. The molecule has 1 heterocycles. The molecule has 0 aromatic heterocycles. The second kappa shape index (κ2) is 11.6. The second-order valence-electron chi connectivity index (χ2n) is 11.2. The van der Waals surface area contributed by atoms with E-state index in [1.54, 1.807) is 6.92 Å². The van der Waals surface area contributed by atoms with Crippen molar-refractivity contribution in [1.82, 2.24) is 4.90 Å². The molecule has 1 N–H and O–H groups in total. The fourth-order valence-electron chi connectivity index (χ4n) is 6.13. The maximum atomic E-state index is 14.7. The third kappa shape index (κ3) is 5.56. The number of halogens is 8. The molecule has 0 bridgehead atoms. The number of aliphatic carboxylic acids is 1. The molecule has 6 nitrogen and oxygen atoms in total. The Morgan fingerprint density at radius 1 is 0.909 bits per heavy atom. The molecule has 4 rings (SSSR count). The summed E-state index contributed by atoms with van der Waals surface area (Å²) in [7, 11) is -4.60. The molecule has 1 saturated carbocycles. The summed E-state index contributed by atoms with van der Waals surface area (Å²) in [5.74, 6) is -3.39. The summed E-state index contributed by atoms with van der Waals surface area (Å²) >= 11 is 0. The summed E-state index contributed by atoms with van der Waals surface area (Å²) in [4.78, 5) is 25.6. The van der Waals surface area contributed by atoms with Crippen LogP contribution in [0.4, 0.5) is 35.1 Å². The Kier molecular flexibility index (Phi) is 8.88. The third-order valence-corrected chi connectivity index (χ3v) is 11.3. The lowest BCUT2D eigenvalue weighted by atomic mass is 9.81. The Balaban J connectivity index is 1.78. The van der Waals surface area contributed by atoms with Crippen molar-refractivity contribution in [2.75, 3.05) is 13.1 Å². The molecular formula is C29H29F8NO5S. The van der Waals surface area contributed by atoms with Crippen molar-refractivity contribution in [3.05, 3.63) is 65.0 Å². The molecule has 44 heavy (non-hydrogen) atoms. The van der Waals surface area contributed by atoms with Crippen LogP contribution < -0.4 is 0 Å². The quantitative estimate of drug-likeness (QED) is 0.273. The smallest absolute Gasteiger partial charge is 0.435 e. The standard InChI is InChI=1S/C29H29F8NO5S/c1-2-17-15-22(11-12-23(17)30)44(42,43)26(13-14-38(16-26)24(39)18-3-5-19(6-4-18)25(40)41)20-7-9-21(10-8-20)27(31,28(32,33)34)29(35,36)37/h7-12,15,18-19H,2-6,13-14,16H2,1H3,(H,40,41)/t18?,19?,26-/m1/s1. The van der Waals surface area contributed by atoms with Gasteiger partial charge in [0.25, 0.3) is 0 Å². The van der Waals surface area contributed by atoms with Crippen molar-refractivity contribution in [3.63, 3.8) is 0 Å². The van der Waals surface area contributed by atoms with Gasteiger partial charge in [0.15, 0.2) is 9.84 Å². The van der Waals surface area contributed by atoms with E-state index in [4.69, 9.17) is 0 Å². The fraction of sp³-hybridized carbons (Fsp3) is 0.517. The van der Waals surface area contributed by atoms with E-state index in [0.717, 1.165) is 18.2 Å². The van der Waals surface area contributed by atoms with Crippen LogP contribution in [0.3, 0.4) is 0 Å². The second-order valence-corrected chi connectivity index (χ2v) is 13.5. The lowest BCUT2D eigenvalue weighted by Gasteiger charge is -2.33. The van der Waals surface area contributed by atoms with Crippen molar-refractivity contribution in [2.45, 2.75) is 73.1 Å². The summed E-state index contributed by atoms with van der Waals surface area (Å²) in [6.07, 6.45) is -12.1. The lowest BCUT2D eigenvalue weighted by Crippen LogP contribution is -2.50. The number of aryl methyl sites for hydroxylation is 1. The third-order valence-electron chi connectivity index (χ3n) is 8.78. The molecule has 0 spiro atoms. The van der Waals surface area contributed by atoms with Crippen molar-refractivity contribution in [3.8, 4) is 0 Å². The first-order chi connectivity index (χ1) is 20.3. The van der Waals surface area contributed by atoms with Crippen molar-refractivity contribution in [1.29, 1.82) is 0 Å². The summed E-state index contributed by atoms with van der Waals surface area (Å²) in [5, 5.41) is 9.25. The van der Waals surface area contributed by atoms with E-state index in [2.05, 4.69) is 0 Å². The number of hydrogen-bond donors (Lipinski definition) is 1. The van der Waals surface area contributed by atoms with E-state index in [0.29, 0.717) is 12.1 Å². The molecule has 242 valence electrons. The van der Waals surface area contributed by atoms with E-state index in [1.165, 1.54) is 4.90 Å². The zero-order valence-corrected chi connectivity index (χ0v) is 24.1. The Labute approximate surface area is 248 Å². The molecule has 2 aromatic carbocycles. The van der Waals surface area contributed by atoms with Gasteiger partial charge in [0.05, 0.1) is 10.8 Å². The van der Waals surface area contributed by atoms with Gasteiger partial charge in [-0.3, -0.25) is 9.59 Å². The predicted molar refractivity (Wildman–Crippen MR) is 140 cm³/mol. The number of carbonyl (C=O) groups is 2. The minimum absolute atomic E-state index is 0.0373. The normalized spacial score (nSPS) is 23.5. The molecule has 1 aliphatic carbocycles. The van der Waals surface area contributed by atoms with Crippen LogP contribution in [0.5, 0.6) is 0 Å². The number of carbonyl (C=O) groups excluding carboxylic acids is 1. The van der Waals surface area contributed by atoms with Crippen LogP contribution >= 0.6 is 0 Å². The Morgan fingerprint density at radius 3 is 1.95 bits per heavy atom. The zero-order chi connectivity index (χ0) is 32.9. The number of rotatable bonds is 7. The zero-order valence-electron chi connectivity index (χ0n) is 23.3. The van der Waals surface area contributed by atoms with E-state index in [1.807, 2.05) is 0 Å². The molecule has 1 atom stereocenters. The topological polar surface area (TPSA) is 91.8 Å². The minimum atomic E-state index is -6.38.